The first-order valence-corrected chi connectivity index (χ1v) is 32.4. The van der Waals surface area contributed by atoms with Gasteiger partial charge in [-0.15, -0.1) is 15.3 Å². The Kier molecular flexibility index (Phi) is 34.6. The van der Waals surface area contributed by atoms with Crippen LogP contribution in [0.3, 0.4) is 0 Å². The molecule has 0 spiro atoms. The minimum atomic E-state index is -1.30. The number of aryl methyl sites for hydroxylation is 1. The Balaban J connectivity index is 0.566. The van der Waals surface area contributed by atoms with Gasteiger partial charge in [-0.05, 0) is 70.0 Å². The number of carbonyl (C=O) groups is 2. The van der Waals surface area contributed by atoms with Gasteiger partial charge in [0.25, 0.3) is 0 Å². The van der Waals surface area contributed by atoms with Gasteiger partial charge in [0.05, 0.1) is 190 Å². The number of benzene rings is 2. The van der Waals surface area contributed by atoms with E-state index in [9.17, 15) is 22.8 Å². The highest BCUT2D eigenvalue weighted by Crippen LogP contribution is 2.46. The summed E-state index contributed by atoms with van der Waals surface area (Å²) in [6.45, 7) is 20.5. The number of carbonyl (C=O) groups excluding carboxylic acids is 2. The minimum Gasteiger partial charge on any atom is -0.420 e. The van der Waals surface area contributed by atoms with E-state index in [0.29, 0.717) is 194 Å². The normalized spacial score (nSPS) is 17.5. The molecule has 0 saturated carbocycles. The lowest BCUT2D eigenvalue weighted by Gasteiger charge is -2.32. The summed E-state index contributed by atoms with van der Waals surface area (Å²) in [5.74, 6) is -2.61. The van der Waals surface area contributed by atoms with Gasteiger partial charge in [-0.1, -0.05) is 49.4 Å². The average Bonchev–Trinajstić information content (AvgIpc) is 2.09. The van der Waals surface area contributed by atoms with Crippen LogP contribution in [-0.4, -0.2) is 242 Å². The molecule has 1 N–H and O–H groups in total. The molecule has 3 aliphatic heterocycles. The number of likely N-dealkylation sites (tertiary alicyclic amines) is 1. The number of nitrogens with one attached hydrogen (secondary N) is 1. The van der Waals surface area contributed by atoms with Crippen LogP contribution in [0.15, 0.2) is 48.7 Å². The zero-order valence-corrected chi connectivity index (χ0v) is 53.6. The van der Waals surface area contributed by atoms with Crippen molar-refractivity contribution in [1.29, 1.82) is 0 Å². The Morgan fingerprint density at radius 2 is 1.11 bits per heavy atom. The standard InChI is InChI=1S/C64H98F3N9O15/c1-49(2)64-71-69-50(3)76(64)60-46-55-9-10-59(60)75(55)17-13-58(52-7-5-4-6-8-52)68-61(77)43-51-11-15-73(16-12-51)18-21-80-24-27-83-39-40-89-41-42-90-48-54-47-74(72-70-54)19-22-81-25-28-84-30-32-86-34-36-88-38-37-87-35-33-85-31-29-82-26-23-79-20-14-62(78)91-63-56(66)44-53(65)45-57(63)67/h4-8,44-45,47,49,51,55,58-60H,9-43,46,48H2,1-3H3,(H,68,77)/t55?,58-,59?,60?/m0/s1. The first kappa shape index (κ1) is 73.3. The molecule has 3 unspecified atom stereocenters. The number of aromatic nitrogens is 6. The maximum Gasteiger partial charge on any atom is 0.313 e. The molecule has 3 aliphatic rings. The smallest absolute Gasteiger partial charge is 0.313 e. The fourth-order valence-electron chi connectivity index (χ4n) is 11.4. The van der Waals surface area contributed by atoms with Crippen LogP contribution >= 0.6 is 0 Å². The van der Waals surface area contributed by atoms with Crippen LogP contribution in [0.4, 0.5) is 13.2 Å². The van der Waals surface area contributed by atoms with Gasteiger partial charge in [0, 0.05) is 49.6 Å². The summed E-state index contributed by atoms with van der Waals surface area (Å²) < 4.78 is 116. The van der Waals surface area contributed by atoms with Crippen molar-refractivity contribution >= 4 is 11.9 Å². The van der Waals surface area contributed by atoms with E-state index in [2.05, 4.69) is 90.0 Å². The number of amides is 1. The van der Waals surface area contributed by atoms with Gasteiger partial charge < -0.3 is 76.4 Å². The molecule has 91 heavy (non-hydrogen) atoms. The quantitative estimate of drug-likeness (QED) is 0.0293. The third kappa shape index (κ3) is 27.4. The zero-order chi connectivity index (χ0) is 64.1. The van der Waals surface area contributed by atoms with Crippen molar-refractivity contribution in [2.75, 3.05) is 178 Å². The lowest BCUT2D eigenvalue weighted by Crippen LogP contribution is -2.39. The average molecular weight is 1290 g/mol. The molecule has 1 amide bonds. The summed E-state index contributed by atoms with van der Waals surface area (Å²) in [5, 5.41) is 20.8. The lowest BCUT2D eigenvalue weighted by molar-refractivity contribution is -0.136. The molecule has 24 nitrogen and oxygen atoms in total. The molecule has 510 valence electrons. The minimum absolute atomic E-state index is 0.0166. The molecule has 2 aromatic heterocycles. The van der Waals surface area contributed by atoms with Gasteiger partial charge in [-0.25, -0.2) is 17.9 Å². The van der Waals surface area contributed by atoms with Crippen molar-refractivity contribution in [2.45, 2.75) is 115 Å². The first-order valence-electron chi connectivity index (χ1n) is 32.4. The summed E-state index contributed by atoms with van der Waals surface area (Å²) in [5.41, 5.74) is 1.90. The molecular formula is C64H98F3N9O15. The van der Waals surface area contributed by atoms with Crippen molar-refractivity contribution in [3.8, 4) is 5.75 Å². The van der Waals surface area contributed by atoms with E-state index >= 15 is 0 Å². The van der Waals surface area contributed by atoms with E-state index in [1.807, 2.05) is 12.3 Å². The van der Waals surface area contributed by atoms with Crippen LogP contribution in [0, 0.1) is 30.3 Å². The molecule has 3 saturated heterocycles. The molecule has 4 aromatic rings. The van der Waals surface area contributed by atoms with Gasteiger partial charge in [0.1, 0.15) is 23.2 Å². The summed E-state index contributed by atoms with van der Waals surface area (Å²) in [7, 11) is 0. The van der Waals surface area contributed by atoms with E-state index in [-0.39, 0.29) is 38.2 Å². The molecule has 7 rings (SSSR count). The number of halogens is 3. The van der Waals surface area contributed by atoms with Crippen LogP contribution in [0.5, 0.6) is 5.75 Å². The van der Waals surface area contributed by atoms with Crippen molar-refractivity contribution in [1.82, 2.24) is 44.9 Å². The summed E-state index contributed by atoms with van der Waals surface area (Å²) >= 11 is 0. The molecule has 2 bridgehead atoms. The number of hydrogen-bond acceptors (Lipinski definition) is 21. The lowest BCUT2D eigenvalue weighted by atomic mass is 9.92. The van der Waals surface area contributed by atoms with Gasteiger partial charge in [-0.3, -0.25) is 14.5 Å². The second-order valence-electron chi connectivity index (χ2n) is 23.0. The number of esters is 1. The Hall–Kier alpha value is -5.11. The number of fused-ring (bicyclic) bond motifs is 2. The van der Waals surface area contributed by atoms with Crippen LogP contribution in [-0.2, 0) is 79.6 Å². The molecule has 4 atom stereocenters. The van der Waals surface area contributed by atoms with Crippen molar-refractivity contribution in [3.63, 3.8) is 0 Å². The van der Waals surface area contributed by atoms with Gasteiger partial charge in [-0.2, -0.15) is 0 Å². The fraction of sp³-hybridized carbons (Fsp3) is 0.719. The van der Waals surface area contributed by atoms with Crippen LogP contribution < -0.4 is 10.1 Å². The molecule has 3 fully saturated rings. The highest BCUT2D eigenvalue weighted by molar-refractivity contribution is 5.76. The Morgan fingerprint density at radius 1 is 0.593 bits per heavy atom. The molecule has 27 heteroatoms. The monoisotopic (exact) mass is 1290 g/mol. The molecule has 5 heterocycles. The van der Waals surface area contributed by atoms with Gasteiger partial charge in [0.15, 0.2) is 11.6 Å². The summed E-state index contributed by atoms with van der Waals surface area (Å²) in [6, 6.07) is 12.8. The van der Waals surface area contributed by atoms with E-state index < -0.39 is 29.2 Å². The SMILES string of the molecule is Cc1nnc(C(C)C)n1C1CC2CCC1N2CC[C@H](NC(=O)CC1CCN(CCOCCOCCOCCOCc2cn(CCOCCOCCOCCOCCOCCOCCOCCOCCC(=O)Oc3c(F)cc(F)cc3F)nn2)CC1)c1ccccc1. The predicted molar refractivity (Wildman–Crippen MR) is 327 cm³/mol. The number of piperidine rings is 1. The van der Waals surface area contributed by atoms with E-state index in [1.54, 1.807) is 4.68 Å². The van der Waals surface area contributed by atoms with Crippen molar-refractivity contribution in [3.05, 3.63) is 89.0 Å². The van der Waals surface area contributed by atoms with Gasteiger partial charge in [0.2, 0.25) is 11.7 Å². The predicted octanol–water partition coefficient (Wildman–Crippen LogP) is 6.24. The third-order valence-electron chi connectivity index (χ3n) is 16.0. The molecule has 0 aliphatic carbocycles. The second kappa shape index (κ2) is 43.0. The van der Waals surface area contributed by atoms with E-state index in [1.165, 1.54) is 18.4 Å². The van der Waals surface area contributed by atoms with Crippen molar-refractivity contribution in [2.24, 2.45) is 5.92 Å². The Bertz CT molecular complexity index is 2600. The topological polar surface area (TPSA) is 234 Å². The van der Waals surface area contributed by atoms with Crippen LogP contribution in [0.1, 0.15) is 106 Å². The van der Waals surface area contributed by atoms with E-state index in [4.69, 9.17) is 56.8 Å². The number of hydrogen-bond donors (Lipinski definition) is 1. The van der Waals surface area contributed by atoms with Crippen LogP contribution in [0.25, 0.3) is 0 Å². The number of nitrogens with zero attached hydrogens (tertiary/aromatic N) is 8. The molecule has 2 aromatic carbocycles. The summed E-state index contributed by atoms with van der Waals surface area (Å²) in [6.07, 6.45) is 8.64. The highest BCUT2D eigenvalue weighted by atomic mass is 19.1. The first-order chi connectivity index (χ1) is 44.5. The van der Waals surface area contributed by atoms with Crippen LogP contribution in [0.2, 0.25) is 0 Å². The Labute approximate surface area is 533 Å². The maximum atomic E-state index is 13.6. The molecule has 0 radical (unpaired) electrons. The zero-order valence-electron chi connectivity index (χ0n) is 53.6. The fourth-order valence-corrected chi connectivity index (χ4v) is 11.4. The van der Waals surface area contributed by atoms with Gasteiger partial charge >= 0.3 is 5.97 Å². The number of rotatable bonds is 51. The maximum absolute atomic E-state index is 13.6. The summed E-state index contributed by atoms with van der Waals surface area (Å²) in [4.78, 5) is 30.5. The molecular weight excluding hydrogens is 1190 g/mol. The van der Waals surface area contributed by atoms with E-state index in [0.717, 1.165) is 69.2 Å². The second-order valence-corrected chi connectivity index (χ2v) is 23.0. The highest BCUT2D eigenvalue weighted by Gasteiger charge is 2.48. The third-order valence-corrected chi connectivity index (χ3v) is 16.0. The largest absolute Gasteiger partial charge is 0.420 e. The Morgan fingerprint density at radius 3 is 1.66 bits per heavy atom. The van der Waals surface area contributed by atoms with Crippen molar-refractivity contribution < 1.29 is 84.3 Å². The number of ether oxygens (including phenoxy) is 13.